The standard InChI is InChI=1S/C29H42O11/c1-14-22(33)23(34)24(35)25(39-14)40-16-3-6-27(13-30)19-10-20(31)26(2)17(15-9-21(32)38-12-15)5-8-29(26,37)18(19)4-7-28(27,36)11-16/h9,13-14,16-20,22-25,31,33-37H,3-8,10-12H2,1-2H3/t14-,16-,17-,18+,19-,20+,22-,23+,24+,25-,26-,27-,28-,29-/m0/s1. The summed E-state index contributed by atoms with van der Waals surface area (Å²) in [4.78, 5) is 24.8. The van der Waals surface area contributed by atoms with Gasteiger partial charge in [-0.15, -0.1) is 0 Å². The first-order chi connectivity index (χ1) is 18.8. The van der Waals surface area contributed by atoms with E-state index >= 15 is 0 Å². The highest BCUT2D eigenvalue weighted by Crippen LogP contribution is 2.70. The first kappa shape index (κ1) is 28.7. The molecule has 2 heterocycles. The predicted octanol–water partition coefficient (Wildman–Crippen LogP) is -0.279. The first-order valence-electron chi connectivity index (χ1n) is 14.6. The average Bonchev–Trinajstić information content (AvgIpc) is 3.46. The normalized spacial score (nSPS) is 56.0. The molecular weight excluding hydrogens is 524 g/mol. The van der Waals surface area contributed by atoms with Gasteiger partial charge in [0.15, 0.2) is 6.29 Å². The second kappa shape index (κ2) is 9.54. The number of aliphatic hydroxyl groups is 6. The van der Waals surface area contributed by atoms with Crippen LogP contribution in [0.4, 0.5) is 0 Å². The zero-order valence-electron chi connectivity index (χ0n) is 23.0. The highest BCUT2D eigenvalue weighted by molar-refractivity contribution is 5.85. The molecule has 0 aromatic rings. The summed E-state index contributed by atoms with van der Waals surface area (Å²) in [5, 5.41) is 66.7. The summed E-state index contributed by atoms with van der Waals surface area (Å²) in [6, 6.07) is 0. The lowest BCUT2D eigenvalue weighted by Crippen LogP contribution is -2.71. The van der Waals surface area contributed by atoms with Gasteiger partial charge in [0.2, 0.25) is 0 Å². The molecule has 0 radical (unpaired) electrons. The number of fused-ring (bicyclic) bond motifs is 5. The van der Waals surface area contributed by atoms with Gasteiger partial charge < -0.3 is 49.6 Å². The van der Waals surface area contributed by atoms with Gasteiger partial charge in [-0.05, 0) is 75.2 Å². The van der Waals surface area contributed by atoms with Gasteiger partial charge in [0.25, 0.3) is 0 Å². The molecule has 0 unspecified atom stereocenters. The van der Waals surface area contributed by atoms with Gasteiger partial charge in [-0.25, -0.2) is 4.79 Å². The van der Waals surface area contributed by atoms with E-state index in [1.165, 1.54) is 6.08 Å². The number of cyclic esters (lactones) is 1. The van der Waals surface area contributed by atoms with Crippen molar-refractivity contribution in [2.75, 3.05) is 6.61 Å². The van der Waals surface area contributed by atoms with Gasteiger partial charge in [0.05, 0.1) is 34.9 Å². The van der Waals surface area contributed by atoms with Crippen LogP contribution in [0, 0.1) is 28.6 Å². The minimum Gasteiger partial charge on any atom is -0.458 e. The topological polar surface area (TPSA) is 183 Å². The van der Waals surface area contributed by atoms with Crippen molar-refractivity contribution in [2.45, 2.75) is 119 Å². The molecule has 11 nitrogen and oxygen atoms in total. The molecule has 0 bridgehead atoms. The largest absolute Gasteiger partial charge is 0.458 e. The van der Waals surface area contributed by atoms with Crippen molar-refractivity contribution in [3.05, 3.63) is 11.6 Å². The number of esters is 1. The summed E-state index contributed by atoms with van der Waals surface area (Å²) < 4.78 is 16.8. The maximum absolute atomic E-state index is 13.0. The Morgan fingerprint density at radius 1 is 1.00 bits per heavy atom. The van der Waals surface area contributed by atoms with E-state index in [-0.39, 0.29) is 44.1 Å². The van der Waals surface area contributed by atoms with Crippen LogP contribution < -0.4 is 0 Å². The lowest BCUT2D eigenvalue weighted by Gasteiger charge is -2.66. The molecule has 0 aromatic heterocycles. The fourth-order valence-corrected chi connectivity index (χ4v) is 9.74. The van der Waals surface area contributed by atoms with Crippen LogP contribution in [0.5, 0.6) is 0 Å². The molecular formula is C29H42O11. The van der Waals surface area contributed by atoms with Gasteiger partial charge in [-0.1, -0.05) is 6.92 Å². The monoisotopic (exact) mass is 566 g/mol. The SMILES string of the molecule is C[C@@H]1O[C@@H](O[C@H]2CC[C@]3(C=O)[C@H]4C[C@@H](O)[C@]5(C)[C@H](C6=CC(=O)OC6)CC[C@]5(O)[C@@H]4CC[C@]3(O)C2)[C@H](O)[C@H](O)[C@H]1O. The van der Waals surface area contributed by atoms with Crippen LogP contribution in [0.15, 0.2) is 11.6 Å². The second-order valence-electron chi connectivity index (χ2n) is 13.5. The fraction of sp³-hybridized carbons (Fsp3) is 0.862. The number of hydrogen-bond acceptors (Lipinski definition) is 11. The quantitative estimate of drug-likeness (QED) is 0.149. The summed E-state index contributed by atoms with van der Waals surface area (Å²) in [6.07, 6.45) is -2.70. The molecule has 2 aliphatic heterocycles. The Balaban J connectivity index is 1.25. The van der Waals surface area contributed by atoms with Crippen molar-refractivity contribution < 1.29 is 54.4 Å². The Hall–Kier alpha value is -1.44. The van der Waals surface area contributed by atoms with Gasteiger partial charge in [0.1, 0.15) is 31.2 Å². The van der Waals surface area contributed by atoms with Crippen LogP contribution in [0.1, 0.15) is 65.2 Å². The number of rotatable bonds is 4. The van der Waals surface area contributed by atoms with Gasteiger partial charge >= 0.3 is 5.97 Å². The number of hydrogen-bond donors (Lipinski definition) is 6. The summed E-state index contributed by atoms with van der Waals surface area (Å²) in [5.41, 5.74) is -4.09. The summed E-state index contributed by atoms with van der Waals surface area (Å²) in [7, 11) is 0. The summed E-state index contributed by atoms with van der Waals surface area (Å²) in [5.74, 6) is -1.42. The molecule has 4 saturated carbocycles. The van der Waals surface area contributed by atoms with Crippen LogP contribution in [-0.2, 0) is 23.8 Å². The average molecular weight is 567 g/mol. The van der Waals surface area contributed by atoms with Crippen molar-refractivity contribution in [2.24, 2.45) is 28.6 Å². The highest BCUT2D eigenvalue weighted by atomic mass is 16.7. The molecule has 0 amide bonds. The van der Waals surface area contributed by atoms with Crippen molar-refractivity contribution in [3.8, 4) is 0 Å². The molecule has 0 aromatic carbocycles. The van der Waals surface area contributed by atoms with E-state index in [1.54, 1.807) is 6.92 Å². The number of aldehydes is 1. The number of carbonyl (C=O) groups excluding carboxylic acids is 2. The zero-order valence-corrected chi connectivity index (χ0v) is 23.0. The Morgan fingerprint density at radius 3 is 2.42 bits per heavy atom. The molecule has 6 aliphatic rings. The number of carbonyl (C=O) groups is 2. The molecule has 1 saturated heterocycles. The maximum atomic E-state index is 13.0. The maximum Gasteiger partial charge on any atom is 0.331 e. The molecule has 6 rings (SSSR count). The third kappa shape index (κ3) is 3.71. The van der Waals surface area contributed by atoms with E-state index in [1.807, 2.05) is 6.92 Å². The Morgan fingerprint density at radius 2 is 1.75 bits per heavy atom. The van der Waals surface area contributed by atoms with Gasteiger partial charge in [0, 0.05) is 17.9 Å². The van der Waals surface area contributed by atoms with E-state index in [4.69, 9.17) is 14.2 Å². The second-order valence-corrected chi connectivity index (χ2v) is 13.5. The van der Waals surface area contributed by atoms with Gasteiger partial charge in [-0.2, -0.15) is 0 Å². The minimum absolute atomic E-state index is 0.0926. The summed E-state index contributed by atoms with van der Waals surface area (Å²) >= 11 is 0. The fourth-order valence-electron chi connectivity index (χ4n) is 9.74. The predicted molar refractivity (Wildman–Crippen MR) is 136 cm³/mol. The Kier molecular flexibility index (Phi) is 6.83. The van der Waals surface area contributed by atoms with Crippen molar-refractivity contribution in [1.82, 2.24) is 0 Å². The third-order valence-electron chi connectivity index (χ3n) is 12.1. The third-order valence-corrected chi connectivity index (χ3v) is 12.1. The number of aliphatic hydroxyl groups excluding tert-OH is 4. The van der Waals surface area contributed by atoms with E-state index in [0.29, 0.717) is 25.7 Å². The lowest BCUT2D eigenvalue weighted by molar-refractivity contribution is -0.319. The first-order valence-corrected chi connectivity index (χ1v) is 14.6. The van der Waals surface area contributed by atoms with Crippen LogP contribution in [-0.4, -0.2) is 104 Å². The molecule has 0 spiro atoms. The van der Waals surface area contributed by atoms with Crippen LogP contribution in [0.2, 0.25) is 0 Å². The van der Waals surface area contributed by atoms with Crippen molar-refractivity contribution in [1.29, 1.82) is 0 Å². The van der Waals surface area contributed by atoms with Gasteiger partial charge in [-0.3, -0.25) is 0 Å². The zero-order chi connectivity index (χ0) is 28.8. The smallest absolute Gasteiger partial charge is 0.331 e. The molecule has 4 aliphatic carbocycles. The molecule has 11 heteroatoms. The molecule has 14 atom stereocenters. The Labute approximate surface area is 233 Å². The molecule has 5 fully saturated rings. The lowest BCUT2D eigenvalue weighted by atomic mass is 9.41. The van der Waals surface area contributed by atoms with Crippen LogP contribution in [0.25, 0.3) is 0 Å². The van der Waals surface area contributed by atoms with Crippen LogP contribution in [0.3, 0.4) is 0 Å². The van der Waals surface area contributed by atoms with E-state index in [9.17, 15) is 40.2 Å². The Bertz CT molecular complexity index is 1080. The van der Waals surface area contributed by atoms with E-state index in [2.05, 4.69) is 0 Å². The van der Waals surface area contributed by atoms with Crippen LogP contribution >= 0.6 is 0 Å². The summed E-state index contributed by atoms with van der Waals surface area (Å²) in [6.45, 7) is 3.61. The van der Waals surface area contributed by atoms with E-state index < -0.39 is 76.8 Å². The minimum atomic E-state index is -1.47. The highest BCUT2D eigenvalue weighted by Gasteiger charge is 2.74. The molecule has 224 valence electrons. The molecule has 6 N–H and O–H groups in total. The van der Waals surface area contributed by atoms with Crippen molar-refractivity contribution in [3.63, 3.8) is 0 Å². The number of ether oxygens (including phenoxy) is 3. The molecule has 40 heavy (non-hydrogen) atoms. The van der Waals surface area contributed by atoms with E-state index in [0.717, 1.165) is 11.9 Å². The van der Waals surface area contributed by atoms with Crippen molar-refractivity contribution >= 4 is 12.3 Å².